The van der Waals surface area contributed by atoms with E-state index in [1.807, 2.05) is 25.1 Å². The number of methoxy groups -OCH3 is 1. The summed E-state index contributed by atoms with van der Waals surface area (Å²) in [5.74, 6) is -2.30. The Morgan fingerprint density at radius 1 is 1.25 bits per heavy atom. The smallest absolute Gasteiger partial charge is 0.288 e. The number of hydrogen-bond donors (Lipinski definition) is 1. The molecule has 3 nitrogen and oxygen atoms in total. The van der Waals surface area contributed by atoms with E-state index in [1.54, 1.807) is 37.5 Å². The lowest BCUT2D eigenvalue weighted by Crippen LogP contribution is -2.08. The summed E-state index contributed by atoms with van der Waals surface area (Å²) < 4.78 is 30.3. The van der Waals surface area contributed by atoms with Crippen LogP contribution in [0.1, 0.15) is 11.1 Å². The maximum Gasteiger partial charge on any atom is 0.288 e. The third-order valence-electron chi connectivity index (χ3n) is 3.16. The Balaban J connectivity index is 2.13. The maximum atomic E-state index is 12.6. The number of hydrogen-bond acceptors (Lipinski definition) is 3. The number of halogens is 2. The van der Waals surface area contributed by atoms with E-state index in [9.17, 15) is 13.6 Å². The lowest BCUT2D eigenvalue weighted by atomic mass is 10.1. The van der Waals surface area contributed by atoms with Gasteiger partial charge in [0.2, 0.25) is 5.91 Å². The molecule has 0 saturated heterocycles. The number of ether oxygens (including phenoxy) is 1. The fourth-order valence-electron chi connectivity index (χ4n) is 2.09. The summed E-state index contributed by atoms with van der Waals surface area (Å²) in [5, 5.41) is 2.62. The summed E-state index contributed by atoms with van der Waals surface area (Å²) in [7, 11) is 1.56. The minimum atomic E-state index is -2.55. The van der Waals surface area contributed by atoms with Gasteiger partial charge in [0.1, 0.15) is 5.75 Å². The monoisotopic (exact) mass is 349 g/mol. The molecule has 0 spiro atoms. The number of benzene rings is 2. The first-order valence-electron chi connectivity index (χ1n) is 7.17. The number of alkyl halides is 2. The molecular formula is C18H17F2NO2S. The van der Waals surface area contributed by atoms with Crippen molar-refractivity contribution in [3.05, 3.63) is 59.7 Å². The van der Waals surface area contributed by atoms with Crippen LogP contribution in [-0.2, 0) is 4.79 Å². The van der Waals surface area contributed by atoms with Crippen LogP contribution in [-0.4, -0.2) is 18.8 Å². The zero-order chi connectivity index (χ0) is 17.5. The molecule has 1 N–H and O–H groups in total. The Morgan fingerprint density at radius 2 is 2.00 bits per heavy atom. The van der Waals surface area contributed by atoms with E-state index in [0.717, 1.165) is 11.1 Å². The molecule has 1 amide bonds. The van der Waals surface area contributed by atoms with Crippen molar-refractivity contribution < 1.29 is 18.3 Å². The van der Waals surface area contributed by atoms with Gasteiger partial charge in [-0.2, -0.15) is 8.78 Å². The predicted octanol–water partition coefficient (Wildman–Crippen LogP) is 4.97. The lowest BCUT2D eigenvalue weighted by Gasteiger charge is -2.09. The number of para-hydroxylation sites is 1. The van der Waals surface area contributed by atoms with Crippen LogP contribution in [0.2, 0.25) is 0 Å². The number of rotatable bonds is 6. The van der Waals surface area contributed by atoms with Gasteiger partial charge in [0, 0.05) is 16.5 Å². The molecular weight excluding hydrogens is 332 g/mol. The summed E-state index contributed by atoms with van der Waals surface area (Å²) in [6, 6.07) is 12.1. The quantitative estimate of drug-likeness (QED) is 0.591. The first-order chi connectivity index (χ1) is 11.5. The third-order valence-corrected chi connectivity index (χ3v) is 3.95. The van der Waals surface area contributed by atoms with E-state index < -0.39 is 11.7 Å². The minimum absolute atomic E-state index is 0.322. The van der Waals surface area contributed by atoms with Gasteiger partial charge in [-0.25, -0.2) is 0 Å². The van der Waals surface area contributed by atoms with Gasteiger partial charge in [-0.1, -0.05) is 35.5 Å². The van der Waals surface area contributed by atoms with Crippen LogP contribution in [0.25, 0.3) is 6.08 Å². The Bertz CT molecular complexity index is 748. The van der Waals surface area contributed by atoms with E-state index in [1.165, 1.54) is 6.08 Å². The van der Waals surface area contributed by atoms with Crippen molar-refractivity contribution in [1.82, 2.24) is 0 Å². The molecule has 2 aromatic rings. The highest BCUT2D eigenvalue weighted by atomic mass is 32.2. The van der Waals surface area contributed by atoms with E-state index in [4.69, 9.17) is 4.74 Å². The van der Waals surface area contributed by atoms with E-state index in [0.29, 0.717) is 28.1 Å². The summed E-state index contributed by atoms with van der Waals surface area (Å²) in [5.41, 5.74) is 2.16. The second-order valence-corrected chi connectivity index (χ2v) is 5.97. The van der Waals surface area contributed by atoms with Crippen LogP contribution in [0.15, 0.2) is 53.4 Å². The SMILES string of the molecule is COc1ccc(C)cc1/C=C/C(=O)Nc1ccccc1SC(F)F. The van der Waals surface area contributed by atoms with Crippen molar-refractivity contribution >= 4 is 29.4 Å². The zero-order valence-corrected chi connectivity index (χ0v) is 14.1. The molecule has 2 aromatic carbocycles. The van der Waals surface area contributed by atoms with Crippen molar-refractivity contribution in [3.63, 3.8) is 0 Å². The van der Waals surface area contributed by atoms with Crippen molar-refractivity contribution in [2.24, 2.45) is 0 Å². The van der Waals surface area contributed by atoms with Gasteiger partial charge in [0.05, 0.1) is 12.8 Å². The Hall–Kier alpha value is -2.34. The van der Waals surface area contributed by atoms with Gasteiger partial charge in [-0.05, 0) is 37.3 Å². The summed E-state index contributed by atoms with van der Waals surface area (Å²) in [4.78, 5) is 12.4. The number of thioether (sulfide) groups is 1. The van der Waals surface area contributed by atoms with Gasteiger partial charge in [-0.3, -0.25) is 4.79 Å². The molecule has 0 saturated carbocycles. The number of carbonyl (C=O) groups is 1. The Labute approximate surface area is 143 Å². The summed E-state index contributed by atoms with van der Waals surface area (Å²) >= 11 is 0.397. The first-order valence-corrected chi connectivity index (χ1v) is 8.05. The molecule has 0 unspecified atom stereocenters. The van der Waals surface area contributed by atoms with Crippen molar-refractivity contribution in [2.75, 3.05) is 12.4 Å². The molecule has 0 bridgehead atoms. The van der Waals surface area contributed by atoms with Gasteiger partial charge < -0.3 is 10.1 Å². The summed E-state index contributed by atoms with van der Waals surface area (Å²) in [6.07, 6.45) is 2.98. The van der Waals surface area contributed by atoms with Crippen molar-refractivity contribution in [2.45, 2.75) is 17.6 Å². The Morgan fingerprint density at radius 3 is 2.71 bits per heavy atom. The second-order valence-electron chi connectivity index (χ2n) is 4.94. The molecule has 0 heterocycles. The highest BCUT2D eigenvalue weighted by Crippen LogP contribution is 2.31. The number of amides is 1. The predicted molar refractivity (Wildman–Crippen MR) is 93.7 cm³/mol. The fourth-order valence-corrected chi connectivity index (χ4v) is 2.69. The molecule has 6 heteroatoms. The number of aryl methyl sites for hydroxylation is 1. The summed E-state index contributed by atoms with van der Waals surface area (Å²) in [6.45, 7) is 1.94. The van der Waals surface area contributed by atoms with Gasteiger partial charge in [0.25, 0.3) is 5.76 Å². The maximum absolute atomic E-state index is 12.6. The van der Waals surface area contributed by atoms with Crippen LogP contribution in [0.3, 0.4) is 0 Å². The van der Waals surface area contributed by atoms with Crippen LogP contribution in [0, 0.1) is 6.92 Å². The van der Waals surface area contributed by atoms with Crippen molar-refractivity contribution in [3.8, 4) is 5.75 Å². The van der Waals surface area contributed by atoms with Crippen LogP contribution >= 0.6 is 11.8 Å². The third kappa shape index (κ3) is 5.09. The van der Waals surface area contributed by atoms with Gasteiger partial charge in [0.15, 0.2) is 0 Å². The standard InChI is InChI=1S/C18H17F2NO2S/c1-12-7-9-15(23-2)13(11-12)8-10-17(22)21-14-5-3-4-6-16(14)24-18(19)20/h3-11,18H,1-2H3,(H,21,22)/b10-8+. The average molecular weight is 349 g/mol. The number of nitrogens with one attached hydrogen (secondary N) is 1. The van der Waals surface area contributed by atoms with E-state index >= 15 is 0 Å². The molecule has 126 valence electrons. The normalized spacial score (nSPS) is 11.0. The fraction of sp³-hybridized carbons (Fsp3) is 0.167. The molecule has 0 radical (unpaired) electrons. The molecule has 0 aliphatic carbocycles. The van der Waals surface area contributed by atoms with Crippen LogP contribution < -0.4 is 10.1 Å². The molecule has 2 rings (SSSR count). The molecule has 0 atom stereocenters. The molecule has 0 fully saturated rings. The largest absolute Gasteiger partial charge is 0.496 e. The topological polar surface area (TPSA) is 38.3 Å². The molecule has 24 heavy (non-hydrogen) atoms. The highest BCUT2D eigenvalue weighted by molar-refractivity contribution is 7.99. The lowest BCUT2D eigenvalue weighted by molar-refractivity contribution is -0.111. The van der Waals surface area contributed by atoms with Gasteiger partial charge >= 0.3 is 0 Å². The minimum Gasteiger partial charge on any atom is -0.496 e. The zero-order valence-electron chi connectivity index (χ0n) is 13.3. The second kappa shape index (κ2) is 8.49. The molecule has 0 aromatic heterocycles. The van der Waals surface area contributed by atoms with E-state index in [2.05, 4.69) is 5.32 Å². The molecule has 0 aliphatic rings. The number of anilines is 1. The van der Waals surface area contributed by atoms with E-state index in [-0.39, 0.29) is 0 Å². The van der Waals surface area contributed by atoms with Gasteiger partial charge in [-0.15, -0.1) is 0 Å². The van der Waals surface area contributed by atoms with Crippen molar-refractivity contribution in [1.29, 1.82) is 0 Å². The Kier molecular flexibility index (Phi) is 6.37. The average Bonchev–Trinajstić information content (AvgIpc) is 2.54. The van der Waals surface area contributed by atoms with Crippen LogP contribution in [0.4, 0.5) is 14.5 Å². The highest BCUT2D eigenvalue weighted by Gasteiger charge is 2.10. The van der Waals surface area contributed by atoms with Crippen LogP contribution in [0.5, 0.6) is 5.75 Å². The first kappa shape index (κ1) is 18.0. The number of carbonyl (C=O) groups excluding carboxylic acids is 1. The molecule has 0 aliphatic heterocycles.